The Hall–Kier alpha value is -0.640. The van der Waals surface area contributed by atoms with Crippen LogP contribution in [0.4, 0.5) is 4.39 Å². The fourth-order valence-electron chi connectivity index (χ4n) is 2.48. The summed E-state index contributed by atoms with van der Waals surface area (Å²) >= 11 is 5.96. The number of likely N-dealkylation sites (N-methyl/N-ethyl adjacent to an activating group) is 1. The van der Waals surface area contributed by atoms with E-state index < -0.39 is 0 Å². The molecule has 1 aliphatic rings. The lowest BCUT2D eigenvalue weighted by Gasteiger charge is -2.28. The highest BCUT2D eigenvalue weighted by Crippen LogP contribution is 2.21. The van der Waals surface area contributed by atoms with Crippen LogP contribution in [0.3, 0.4) is 0 Å². The van der Waals surface area contributed by atoms with Crippen LogP contribution in [0.15, 0.2) is 18.2 Å². The fraction of sp³-hybridized carbons (Fsp3) is 0.571. The van der Waals surface area contributed by atoms with Gasteiger partial charge in [-0.25, -0.2) is 4.39 Å². The highest BCUT2D eigenvalue weighted by Gasteiger charge is 2.15. The maximum atomic E-state index is 13.3. The zero-order chi connectivity index (χ0) is 13.0. The monoisotopic (exact) mass is 270 g/mol. The van der Waals surface area contributed by atoms with Gasteiger partial charge in [-0.2, -0.15) is 0 Å². The number of hydrogen-bond donors (Lipinski definition) is 1. The lowest BCUT2D eigenvalue weighted by molar-refractivity contribution is 0.256. The number of halogens is 2. The molecular formula is C14H20ClFN2. The average molecular weight is 271 g/mol. The summed E-state index contributed by atoms with van der Waals surface area (Å²) in [7, 11) is 2.05. The molecular weight excluding hydrogens is 251 g/mol. The molecule has 1 unspecified atom stereocenters. The van der Waals surface area contributed by atoms with Gasteiger partial charge in [-0.15, -0.1) is 0 Å². The quantitative estimate of drug-likeness (QED) is 0.905. The van der Waals surface area contributed by atoms with Crippen molar-refractivity contribution >= 4 is 11.6 Å². The second-order valence-electron chi connectivity index (χ2n) is 5.06. The van der Waals surface area contributed by atoms with Crippen LogP contribution in [0.2, 0.25) is 5.02 Å². The van der Waals surface area contributed by atoms with Gasteiger partial charge in [0, 0.05) is 19.1 Å². The van der Waals surface area contributed by atoms with Crippen molar-refractivity contribution in [3.63, 3.8) is 0 Å². The third kappa shape index (κ3) is 3.67. The summed E-state index contributed by atoms with van der Waals surface area (Å²) in [6.07, 6.45) is 3.80. The predicted molar refractivity (Wildman–Crippen MR) is 73.4 cm³/mol. The summed E-state index contributed by atoms with van der Waals surface area (Å²) in [5.74, 6) is -0.335. The number of nitrogens with zero attached hydrogens (tertiary/aromatic N) is 1. The molecule has 100 valence electrons. The number of nitrogens with one attached hydrogen (secondary N) is 1. The van der Waals surface area contributed by atoms with Gasteiger partial charge in [-0.1, -0.05) is 30.2 Å². The van der Waals surface area contributed by atoms with E-state index in [1.54, 1.807) is 6.07 Å². The van der Waals surface area contributed by atoms with Gasteiger partial charge in [0.25, 0.3) is 0 Å². The first-order valence-corrected chi connectivity index (χ1v) is 6.89. The minimum absolute atomic E-state index is 0.251. The molecule has 0 bridgehead atoms. The maximum Gasteiger partial charge on any atom is 0.142 e. The Morgan fingerprint density at radius 3 is 3.00 bits per heavy atom. The van der Waals surface area contributed by atoms with E-state index in [-0.39, 0.29) is 10.8 Å². The van der Waals surface area contributed by atoms with Crippen molar-refractivity contribution in [1.82, 2.24) is 10.2 Å². The molecule has 1 aromatic rings. The molecule has 1 fully saturated rings. The van der Waals surface area contributed by atoms with Gasteiger partial charge in [-0.05, 0) is 38.1 Å². The molecule has 1 aromatic carbocycles. The Morgan fingerprint density at radius 2 is 2.28 bits per heavy atom. The normalized spacial score (nSPS) is 20.3. The van der Waals surface area contributed by atoms with Gasteiger partial charge in [0.05, 0.1) is 5.02 Å². The molecule has 2 nitrogen and oxygen atoms in total. The van der Waals surface area contributed by atoms with E-state index in [4.69, 9.17) is 11.6 Å². The topological polar surface area (TPSA) is 15.3 Å². The van der Waals surface area contributed by atoms with Gasteiger partial charge in [-0.3, -0.25) is 0 Å². The molecule has 0 spiro atoms. The molecule has 0 amide bonds. The Labute approximate surface area is 113 Å². The molecule has 1 atom stereocenters. The number of piperidine rings is 1. The number of hydrogen-bond acceptors (Lipinski definition) is 2. The van der Waals surface area contributed by atoms with Crippen LogP contribution < -0.4 is 5.32 Å². The smallest absolute Gasteiger partial charge is 0.142 e. The van der Waals surface area contributed by atoms with Crippen LogP contribution in [0.1, 0.15) is 24.8 Å². The van der Waals surface area contributed by atoms with Gasteiger partial charge < -0.3 is 10.2 Å². The summed E-state index contributed by atoms with van der Waals surface area (Å²) in [5, 5.41) is 3.76. The van der Waals surface area contributed by atoms with Crippen LogP contribution in [0.5, 0.6) is 0 Å². The van der Waals surface area contributed by atoms with E-state index >= 15 is 0 Å². The Balaban J connectivity index is 1.90. The minimum atomic E-state index is -0.335. The fourth-order valence-corrected chi connectivity index (χ4v) is 2.67. The van der Waals surface area contributed by atoms with Crippen molar-refractivity contribution in [3.8, 4) is 0 Å². The molecule has 0 radical (unpaired) electrons. The summed E-state index contributed by atoms with van der Waals surface area (Å²) in [4.78, 5) is 2.20. The lowest BCUT2D eigenvalue weighted by Crippen LogP contribution is -2.42. The molecule has 1 saturated heterocycles. The molecule has 0 aliphatic carbocycles. The van der Waals surface area contributed by atoms with Crippen molar-refractivity contribution < 1.29 is 4.39 Å². The third-order valence-corrected chi connectivity index (χ3v) is 3.84. The van der Waals surface area contributed by atoms with Crippen LogP contribution in [-0.2, 0) is 6.54 Å². The van der Waals surface area contributed by atoms with E-state index in [1.165, 1.54) is 25.3 Å². The van der Waals surface area contributed by atoms with Crippen molar-refractivity contribution in [2.24, 2.45) is 0 Å². The minimum Gasteiger partial charge on any atom is -0.313 e. The second kappa shape index (κ2) is 6.50. The second-order valence-corrected chi connectivity index (χ2v) is 5.43. The van der Waals surface area contributed by atoms with Gasteiger partial charge in [0.1, 0.15) is 5.82 Å². The summed E-state index contributed by atoms with van der Waals surface area (Å²) < 4.78 is 13.3. The first kappa shape index (κ1) is 13.8. The molecule has 1 N–H and O–H groups in total. The van der Waals surface area contributed by atoms with Gasteiger partial charge in [0.15, 0.2) is 0 Å². The largest absolute Gasteiger partial charge is 0.313 e. The van der Waals surface area contributed by atoms with E-state index in [0.717, 1.165) is 18.7 Å². The Bertz CT molecular complexity index is 391. The van der Waals surface area contributed by atoms with Crippen LogP contribution >= 0.6 is 11.6 Å². The van der Waals surface area contributed by atoms with E-state index in [9.17, 15) is 4.39 Å². The Morgan fingerprint density at radius 1 is 1.44 bits per heavy atom. The number of rotatable bonds is 4. The Kier molecular flexibility index (Phi) is 4.98. The van der Waals surface area contributed by atoms with Crippen LogP contribution in [0.25, 0.3) is 0 Å². The van der Waals surface area contributed by atoms with Crippen molar-refractivity contribution in [1.29, 1.82) is 0 Å². The zero-order valence-corrected chi connectivity index (χ0v) is 11.5. The molecule has 0 aromatic heterocycles. The van der Waals surface area contributed by atoms with E-state index in [0.29, 0.717) is 12.6 Å². The predicted octanol–water partition coefficient (Wildman–Crippen LogP) is 3.05. The molecule has 1 heterocycles. The first-order chi connectivity index (χ1) is 8.66. The lowest BCUT2D eigenvalue weighted by atomic mass is 10.0. The van der Waals surface area contributed by atoms with E-state index in [2.05, 4.69) is 17.3 Å². The average Bonchev–Trinajstić information content (AvgIpc) is 2.36. The summed E-state index contributed by atoms with van der Waals surface area (Å²) in [5.41, 5.74) is 0.856. The van der Waals surface area contributed by atoms with Crippen LogP contribution in [0, 0.1) is 5.82 Å². The molecule has 1 aliphatic heterocycles. The van der Waals surface area contributed by atoms with Crippen molar-refractivity contribution in [3.05, 3.63) is 34.6 Å². The van der Waals surface area contributed by atoms with Crippen molar-refractivity contribution in [2.45, 2.75) is 31.8 Å². The highest BCUT2D eigenvalue weighted by molar-refractivity contribution is 6.31. The summed E-state index contributed by atoms with van der Waals surface area (Å²) in [6.45, 7) is 2.78. The van der Waals surface area contributed by atoms with Gasteiger partial charge in [0.2, 0.25) is 0 Å². The van der Waals surface area contributed by atoms with Gasteiger partial charge >= 0.3 is 0 Å². The summed E-state index contributed by atoms with van der Waals surface area (Å²) in [6, 6.07) is 5.55. The SMILES string of the molecule is CN(Cc1cccc(F)c1Cl)CC1CCCCN1. The molecule has 4 heteroatoms. The van der Waals surface area contributed by atoms with Crippen LogP contribution in [-0.4, -0.2) is 31.1 Å². The molecule has 2 rings (SSSR count). The standard InChI is InChI=1S/C14H20ClFN2/c1-18(10-12-6-2-3-8-17-12)9-11-5-4-7-13(16)14(11)15/h4-5,7,12,17H,2-3,6,8-10H2,1H3. The first-order valence-electron chi connectivity index (χ1n) is 6.51. The molecule has 18 heavy (non-hydrogen) atoms. The van der Waals surface area contributed by atoms with Crippen molar-refractivity contribution in [2.75, 3.05) is 20.1 Å². The number of benzene rings is 1. The van der Waals surface area contributed by atoms with E-state index in [1.807, 2.05) is 6.07 Å². The maximum absolute atomic E-state index is 13.3. The zero-order valence-electron chi connectivity index (χ0n) is 10.8. The molecule has 0 saturated carbocycles. The third-order valence-electron chi connectivity index (χ3n) is 3.42. The highest BCUT2D eigenvalue weighted by atomic mass is 35.5.